The Bertz CT molecular complexity index is 758. The molecule has 25 heavy (non-hydrogen) atoms. The number of hydrogen-bond donors (Lipinski definition) is 2. The van der Waals surface area contributed by atoms with Crippen LogP contribution in [0.3, 0.4) is 0 Å². The number of anilines is 1. The number of carboxylic acid groups (broad SMARTS) is 1. The summed E-state index contributed by atoms with van der Waals surface area (Å²) in [6.07, 6.45) is 5.10. The second-order valence-electron chi connectivity index (χ2n) is 7.05. The molecule has 2 bridgehead atoms. The number of fused-ring (bicyclic) bond motifs is 1. The number of ether oxygens (including phenoxy) is 2. The fourth-order valence-corrected chi connectivity index (χ4v) is 4.71. The Morgan fingerprint density at radius 2 is 1.68 bits per heavy atom. The van der Waals surface area contributed by atoms with Crippen molar-refractivity contribution in [2.24, 2.45) is 35.5 Å². The van der Waals surface area contributed by atoms with Gasteiger partial charge in [-0.25, -0.2) is 0 Å². The first-order chi connectivity index (χ1) is 12.0. The van der Waals surface area contributed by atoms with Crippen molar-refractivity contribution in [3.05, 3.63) is 30.4 Å². The third kappa shape index (κ3) is 2.47. The predicted molar refractivity (Wildman–Crippen MR) is 90.5 cm³/mol. The van der Waals surface area contributed by atoms with Gasteiger partial charge in [0.15, 0.2) is 11.5 Å². The summed E-state index contributed by atoms with van der Waals surface area (Å²) in [5.74, 6) is -0.269. The minimum Gasteiger partial charge on any atom is -0.493 e. The molecule has 2 saturated carbocycles. The minimum atomic E-state index is -0.878. The van der Waals surface area contributed by atoms with E-state index in [1.54, 1.807) is 25.3 Å². The lowest BCUT2D eigenvalue weighted by molar-refractivity contribution is -0.152. The molecule has 6 nitrogen and oxygen atoms in total. The van der Waals surface area contributed by atoms with Gasteiger partial charge in [0.05, 0.1) is 26.1 Å². The van der Waals surface area contributed by atoms with Crippen LogP contribution < -0.4 is 14.8 Å². The van der Waals surface area contributed by atoms with Crippen LogP contribution in [0, 0.1) is 35.5 Å². The SMILES string of the molecule is COc1ccc(NC(=O)[C@@H]2[C@H]3C=C[C@@H]([C@@H]4C[C@H]34)[C@@H]2C(=O)O)cc1OC. The molecule has 1 aromatic rings. The number of rotatable bonds is 5. The second kappa shape index (κ2) is 5.79. The molecule has 5 rings (SSSR count). The van der Waals surface area contributed by atoms with E-state index in [0.29, 0.717) is 29.0 Å². The average Bonchev–Trinajstić information content (AvgIpc) is 3.43. The topological polar surface area (TPSA) is 84.9 Å². The highest BCUT2D eigenvalue weighted by Crippen LogP contribution is 2.63. The van der Waals surface area contributed by atoms with Crippen LogP contribution in [-0.2, 0) is 9.59 Å². The number of aliphatic carboxylic acids is 1. The zero-order valence-electron chi connectivity index (χ0n) is 14.1. The van der Waals surface area contributed by atoms with Crippen LogP contribution >= 0.6 is 0 Å². The number of carbonyl (C=O) groups is 2. The standard InChI is InChI=1S/C19H21NO5/c1-24-14-6-3-9(7-15(14)25-2)20-18(21)16-10-4-5-11(13-8-12(10)13)17(16)19(22)23/h3-7,10-13,16-17H,8H2,1-2H3,(H,20,21)(H,22,23)/t10-,11-,12+,13-,16+,17-/m0/s1. The van der Waals surface area contributed by atoms with Crippen LogP contribution in [0.2, 0.25) is 0 Å². The van der Waals surface area contributed by atoms with Gasteiger partial charge in [0.2, 0.25) is 5.91 Å². The number of nitrogens with one attached hydrogen (secondary N) is 1. The molecule has 4 aliphatic carbocycles. The van der Waals surface area contributed by atoms with E-state index < -0.39 is 17.8 Å². The molecular weight excluding hydrogens is 322 g/mol. The van der Waals surface area contributed by atoms with E-state index >= 15 is 0 Å². The summed E-state index contributed by atoms with van der Waals surface area (Å²) in [5, 5.41) is 12.6. The first-order valence-electron chi connectivity index (χ1n) is 8.49. The Morgan fingerprint density at radius 1 is 1.04 bits per heavy atom. The first-order valence-corrected chi connectivity index (χ1v) is 8.49. The lowest BCUT2D eigenvalue weighted by Crippen LogP contribution is -2.48. The second-order valence-corrected chi connectivity index (χ2v) is 7.05. The quantitative estimate of drug-likeness (QED) is 0.802. The molecule has 0 radical (unpaired) electrons. The van der Waals surface area contributed by atoms with Gasteiger partial charge in [-0.15, -0.1) is 0 Å². The summed E-state index contributed by atoms with van der Waals surface area (Å²) in [6, 6.07) is 5.13. The van der Waals surface area contributed by atoms with Crippen molar-refractivity contribution in [1.29, 1.82) is 0 Å². The maximum atomic E-state index is 12.9. The zero-order valence-corrected chi connectivity index (χ0v) is 14.1. The number of hydrogen-bond acceptors (Lipinski definition) is 4. The first kappa shape index (κ1) is 16.0. The molecule has 1 amide bonds. The van der Waals surface area contributed by atoms with Crippen molar-refractivity contribution >= 4 is 17.6 Å². The van der Waals surface area contributed by atoms with Crippen LogP contribution in [-0.4, -0.2) is 31.2 Å². The van der Waals surface area contributed by atoms with Crippen LogP contribution in [0.4, 0.5) is 5.69 Å². The Labute approximate surface area is 145 Å². The smallest absolute Gasteiger partial charge is 0.307 e. The van der Waals surface area contributed by atoms with Gasteiger partial charge in [-0.2, -0.15) is 0 Å². The fraction of sp³-hybridized carbons (Fsp3) is 0.474. The molecule has 6 atom stereocenters. The molecule has 4 aliphatic rings. The molecular formula is C19H21NO5. The molecule has 2 N–H and O–H groups in total. The van der Waals surface area contributed by atoms with Crippen molar-refractivity contribution < 1.29 is 24.2 Å². The number of benzene rings is 1. The normalized spacial score (nSPS) is 34.2. The molecule has 0 spiro atoms. The monoisotopic (exact) mass is 343 g/mol. The molecule has 1 aromatic carbocycles. The average molecular weight is 343 g/mol. The summed E-state index contributed by atoms with van der Waals surface area (Å²) in [7, 11) is 3.08. The number of methoxy groups -OCH3 is 2. The van der Waals surface area contributed by atoms with Gasteiger partial charge in [0.1, 0.15) is 0 Å². The summed E-state index contributed by atoms with van der Waals surface area (Å²) in [5.41, 5.74) is 0.574. The van der Waals surface area contributed by atoms with Crippen molar-refractivity contribution in [2.75, 3.05) is 19.5 Å². The number of carbonyl (C=O) groups excluding carboxylic acids is 1. The Hall–Kier alpha value is -2.50. The lowest BCUT2D eigenvalue weighted by Gasteiger charge is -2.41. The largest absolute Gasteiger partial charge is 0.493 e. The molecule has 0 unspecified atom stereocenters. The van der Waals surface area contributed by atoms with E-state index in [2.05, 4.69) is 11.4 Å². The maximum absolute atomic E-state index is 12.9. The highest BCUT2D eigenvalue weighted by Gasteiger charge is 2.62. The summed E-state index contributed by atoms with van der Waals surface area (Å²) < 4.78 is 10.5. The van der Waals surface area contributed by atoms with E-state index in [9.17, 15) is 14.7 Å². The van der Waals surface area contributed by atoms with Gasteiger partial charge < -0.3 is 19.9 Å². The number of allylic oxidation sites excluding steroid dienone is 2. The molecule has 0 heterocycles. The highest BCUT2D eigenvalue weighted by molar-refractivity contribution is 5.96. The van der Waals surface area contributed by atoms with Gasteiger partial charge in [0.25, 0.3) is 0 Å². The van der Waals surface area contributed by atoms with Crippen molar-refractivity contribution in [3.8, 4) is 11.5 Å². The van der Waals surface area contributed by atoms with E-state index in [-0.39, 0.29) is 17.7 Å². The molecule has 6 heteroatoms. The van der Waals surface area contributed by atoms with E-state index in [0.717, 1.165) is 6.42 Å². The van der Waals surface area contributed by atoms with Gasteiger partial charge >= 0.3 is 5.97 Å². The van der Waals surface area contributed by atoms with Gasteiger partial charge in [-0.1, -0.05) is 12.2 Å². The van der Waals surface area contributed by atoms with E-state index in [1.165, 1.54) is 7.11 Å². The van der Waals surface area contributed by atoms with Gasteiger partial charge in [0, 0.05) is 11.8 Å². The number of amides is 1. The number of carboxylic acids is 1. The fourth-order valence-electron chi connectivity index (χ4n) is 4.71. The maximum Gasteiger partial charge on any atom is 0.307 e. The van der Waals surface area contributed by atoms with Gasteiger partial charge in [-0.05, 0) is 42.2 Å². The van der Waals surface area contributed by atoms with Crippen LogP contribution in [0.5, 0.6) is 11.5 Å². The Balaban J connectivity index is 1.58. The Morgan fingerprint density at radius 3 is 2.28 bits per heavy atom. The summed E-state index contributed by atoms with van der Waals surface area (Å²) in [6.45, 7) is 0. The lowest BCUT2D eigenvalue weighted by atomic mass is 9.62. The summed E-state index contributed by atoms with van der Waals surface area (Å²) >= 11 is 0. The van der Waals surface area contributed by atoms with Gasteiger partial charge in [-0.3, -0.25) is 9.59 Å². The molecule has 0 aliphatic heterocycles. The van der Waals surface area contributed by atoms with Crippen LogP contribution in [0.1, 0.15) is 6.42 Å². The minimum absolute atomic E-state index is 0.0198. The van der Waals surface area contributed by atoms with Crippen molar-refractivity contribution in [2.45, 2.75) is 6.42 Å². The van der Waals surface area contributed by atoms with Crippen molar-refractivity contribution in [3.63, 3.8) is 0 Å². The van der Waals surface area contributed by atoms with E-state index in [4.69, 9.17) is 9.47 Å². The Kier molecular flexibility index (Phi) is 3.71. The summed E-state index contributed by atoms with van der Waals surface area (Å²) in [4.78, 5) is 24.7. The molecule has 0 aromatic heterocycles. The molecule has 0 saturated heterocycles. The molecule has 2 fully saturated rings. The van der Waals surface area contributed by atoms with Crippen LogP contribution in [0.25, 0.3) is 0 Å². The molecule has 132 valence electrons. The predicted octanol–water partition coefficient (Wildman–Crippen LogP) is 2.41. The van der Waals surface area contributed by atoms with E-state index in [1.807, 2.05) is 6.08 Å². The third-order valence-corrected chi connectivity index (χ3v) is 5.89. The highest BCUT2D eigenvalue weighted by atomic mass is 16.5. The zero-order chi connectivity index (χ0) is 17.7. The van der Waals surface area contributed by atoms with Crippen molar-refractivity contribution in [1.82, 2.24) is 0 Å². The van der Waals surface area contributed by atoms with Crippen LogP contribution in [0.15, 0.2) is 30.4 Å². The third-order valence-electron chi connectivity index (χ3n) is 5.89.